The lowest BCUT2D eigenvalue weighted by Gasteiger charge is -2.14. The van der Waals surface area contributed by atoms with Gasteiger partial charge < -0.3 is 14.8 Å². The second kappa shape index (κ2) is 12.1. The van der Waals surface area contributed by atoms with E-state index in [-0.39, 0.29) is 18.4 Å². The molecule has 0 atom stereocenters. The van der Waals surface area contributed by atoms with Gasteiger partial charge >= 0.3 is 0 Å². The van der Waals surface area contributed by atoms with Crippen molar-refractivity contribution >= 4 is 51.9 Å². The van der Waals surface area contributed by atoms with Gasteiger partial charge in [-0.25, -0.2) is 0 Å². The second-order valence-corrected chi connectivity index (χ2v) is 10.2. The number of nitrogens with one attached hydrogen (secondary N) is 1. The Labute approximate surface area is 226 Å². The normalized spacial score (nSPS) is 14.2. The molecule has 3 aromatic rings. The molecule has 0 aromatic heterocycles. The van der Waals surface area contributed by atoms with Gasteiger partial charge in [0, 0.05) is 5.69 Å². The summed E-state index contributed by atoms with van der Waals surface area (Å²) in [4.78, 5) is 27.6. The van der Waals surface area contributed by atoms with Crippen LogP contribution in [0, 0.1) is 13.8 Å². The van der Waals surface area contributed by atoms with E-state index in [1.807, 2.05) is 75.4 Å². The van der Waals surface area contributed by atoms with Crippen molar-refractivity contribution in [3.05, 3.63) is 93.9 Å². The number of ether oxygens (including phenoxy) is 2. The van der Waals surface area contributed by atoms with Crippen molar-refractivity contribution in [2.75, 3.05) is 18.5 Å². The Kier molecular flexibility index (Phi) is 8.63. The molecule has 0 aliphatic carbocycles. The van der Waals surface area contributed by atoms with Crippen LogP contribution < -0.4 is 14.8 Å². The highest BCUT2D eigenvalue weighted by atomic mass is 32.2. The number of amides is 2. The lowest BCUT2D eigenvalue weighted by Crippen LogP contribution is -2.27. The van der Waals surface area contributed by atoms with Gasteiger partial charge in [-0.05, 0) is 61.7 Å². The predicted octanol–water partition coefficient (Wildman–Crippen LogP) is 6.12. The molecule has 0 unspecified atom stereocenters. The van der Waals surface area contributed by atoms with Gasteiger partial charge in [0.1, 0.15) is 4.32 Å². The SMILES string of the molecule is CCOc1cc(/C=C2\SC(=S)N(Cc3ccccc3)C2=O)ccc1OCC(=O)Nc1ccc(C)cc1C. The Morgan fingerprint density at radius 1 is 1.03 bits per heavy atom. The van der Waals surface area contributed by atoms with Crippen molar-refractivity contribution in [2.24, 2.45) is 0 Å². The van der Waals surface area contributed by atoms with Gasteiger partial charge in [-0.15, -0.1) is 0 Å². The summed E-state index contributed by atoms with van der Waals surface area (Å²) in [6.07, 6.45) is 1.80. The molecule has 8 heteroatoms. The molecule has 2 amide bonds. The number of thiocarbonyl (C=S) groups is 1. The van der Waals surface area contributed by atoms with Crippen LogP contribution in [-0.2, 0) is 16.1 Å². The molecule has 0 saturated carbocycles. The lowest BCUT2D eigenvalue weighted by molar-refractivity contribution is -0.122. The van der Waals surface area contributed by atoms with Crippen LogP contribution in [-0.4, -0.2) is 34.2 Å². The van der Waals surface area contributed by atoms with Crippen LogP contribution in [0.1, 0.15) is 29.2 Å². The number of carbonyl (C=O) groups excluding carboxylic acids is 2. The predicted molar refractivity (Wildman–Crippen MR) is 153 cm³/mol. The third-order valence-corrected chi connectivity index (χ3v) is 7.02. The lowest BCUT2D eigenvalue weighted by atomic mass is 10.1. The third-order valence-electron chi connectivity index (χ3n) is 5.64. The molecule has 1 saturated heterocycles. The fourth-order valence-corrected chi connectivity index (χ4v) is 5.09. The quantitative estimate of drug-likeness (QED) is 0.265. The highest BCUT2D eigenvalue weighted by molar-refractivity contribution is 8.26. The first-order valence-corrected chi connectivity index (χ1v) is 13.1. The van der Waals surface area contributed by atoms with Crippen molar-refractivity contribution in [3.8, 4) is 11.5 Å². The molecule has 6 nitrogen and oxygen atoms in total. The number of thioether (sulfide) groups is 1. The van der Waals surface area contributed by atoms with E-state index in [0.717, 1.165) is 27.9 Å². The van der Waals surface area contributed by atoms with Crippen molar-refractivity contribution < 1.29 is 19.1 Å². The number of nitrogens with zero attached hydrogens (tertiary/aromatic N) is 1. The van der Waals surface area contributed by atoms with Crippen LogP contribution in [0.5, 0.6) is 11.5 Å². The molecular formula is C29H28N2O4S2. The van der Waals surface area contributed by atoms with E-state index in [0.29, 0.717) is 33.9 Å². The van der Waals surface area contributed by atoms with Crippen LogP contribution in [0.15, 0.2) is 71.6 Å². The monoisotopic (exact) mass is 532 g/mol. The summed E-state index contributed by atoms with van der Waals surface area (Å²) < 4.78 is 12.1. The van der Waals surface area contributed by atoms with Crippen molar-refractivity contribution in [3.63, 3.8) is 0 Å². The minimum absolute atomic E-state index is 0.125. The number of anilines is 1. The molecule has 190 valence electrons. The van der Waals surface area contributed by atoms with Gasteiger partial charge in [0.2, 0.25) is 0 Å². The van der Waals surface area contributed by atoms with Crippen LogP contribution in [0.4, 0.5) is 5.69 Å². The van der Waals surface area contributed by atoms with Crippen molar-refractivity contribution in [1.82, 2.24) is 4.90 Å². The molecule has 1 N–H and O–H groups in total. The summed E-state index contributed by atoms with van der Waals surface area (Å²) in [6.45, 7) is 6.53. The average Bonchev–Trinajstić information content (AvgIpc) is 3.13. The molecule has 0 spiro atoms. The Balaban J connectivity index is 1.44. The Bertz CT molecular complexity index is 1360. The van der Waals surface area contributed by atoms with E-state index in [9.17, 15) is 9.59 Å². The van der Waals surface area contributed by atoms with Gasteiger partial charge in [-0.2, -0.15) is 0 Å². The number of benzene rings is 3. The highest BCUT2D eigenvalue weighted by Gasteiger charge is 2.32. The Hall–Kier alpha value is -3.62. The van der Waals surface area contributed by atoms with E-state index < -0.39 is 0 Å². The Morgan fingerprint density at radius 2 is 1.81 bits per heavy atom. The molecular weight excluding hydrogens is 504 g/mol. The zero-order valence-corrected chi connectivity index (χ0v) is 22.6. The summed E-state index contributed by atoms with van der Waals surface area (Å²) in [5.74, 6) is 0.558. The summed E-state index contributed by atoms with van der Waals surface area (Å²) >= 11 is 6.74. The number of hydrogen-bond donors (Lipinski definition) is 1. The molecule has 1 heterocycles. The second-order valence-electron chi connectivity index (χ2n) is 8.55. The van der Waals surface area contributed by atoms with Crippen molar-refractivity contribution in [2.45, 2.75) is 27.3 Å². The zero-order chi connectivity index (χ0) is 26.4. The molecule has 1 aliphatic heterocycles. The topological polar surface area (TPSA) is 67.9 Å². The first kappa shape index (κ1) is 26.4. The number of hydrogen-bond acceptors (Lipinski definition) is 6. The molecule has 4 rings (SSSR count). The van der Waals surface area contributed by atoms with Gasteiger partial charge in [0.15, 0.2) is 18.1 Å². The minimum Gasteiger partial charge on any atom is -0.490 e. The maximum Gasteiger partial charge on any atom is 0.266 e. The third kappa shape index (κ3) is 6.78. The maximum absolute atomic E-state index is 13.0. The van der Waals surface area contributed by atoms with Gasteiger partial charge in [-0.3, -0.25) is 14.5 Å². The molecule has 0 radical (unpaired) electrons. The minimum atomic E-state index is -0.263. The van der Waals surface area contributed by atoms with E-state index in [1.54, 1.807) is 23.1 Å². The van der Waals surface area contributed by atoms with Crippen LogP contribution >= 0.6 is 24.0 Å². The van der Waals surface area contributed by atoms with Crippen LogP contribution in [0.3, 0.4) is 0 Å². The number of rotatable bonds is 9. The van der Waals surface area contributed by atoms with E-state index >= 15 is 0 Å². The summed E-state index contributed by atoms with van der Waals surface area (Å²) in [5, 5.41) is 2.88. The van der Waals surface area contributed by atoms with Gasteiger partial charge in [-0.1, -0.05) is 78.1 Å². The van der Waals surface area contributed by atoms with E-state index in [4.69, 9.17) is 21.7 Å². The first-order valence-electron chi connectivity index (χ1n) is 11.9. The summed E-state index contributed by atoms with van der Waals surface area (Å²) in [5.41, 5.74) is 4.66. The van der Waals surface area contributed by atoms with Gasteiger partial charge in [0.05, 0.1) is 18.1 Å². The van der Waals surface area contributed by atoms with E-state index in [2.05, 4.69) is 5.32 Å². The fourth-order valence-electron chi connectivity index (χ4n) is 3.84. The number of aryl methyl sites for hydroxylation is 2. The van der Waals surface area contributed by atoms with Crippen LogP contribution in [0.2, 0.25) is 0 Å². The molecule has 1 fully saturated rings. The zero-order valence-electron chi connectivity index (χ0n) is 20.9. The standard InChI is InChI=1S/C29H28N2O4S2/c1-4-34-25-15-22(16-26-28(33)31(29(36)37-26)17-21-8-6-5-7-9-21)11-13-24(25)35-18-27(32)30-23-12-10-19(2)14-20(23)3/h5-16H,4,17-18H2,1-3H3,(H,30,32)/b26-16-. The summed E-state index contributed by atoms with van der Waals surface area (Å²) in [7, 11) is 0. The first-order chi connectivity index (χ1) is 17.8. The molecule has 1 aliphatic rings. The molecule has 37 heavy (non-hydrogen) atoms. The average molecular weight is 533 g/mol. The summed E-state index contributed by atoms with van der Waals surface area (Å²) in [6, 6.07) is 21.0. The largest absolute Gasteiger partial charge is 0.490 e. The number of carbonyl (C=O) groups is 2. The van der Waals surface area contributed by atoms with Crippen molar-refractivity contribution in [1.29, 1.82) is 0 Å². The molecule has 3 aromatic carbocycles. The fraction of sp³-hybridized carbons (Fsp3) is 0.207. The highest BCUT2D eigenvalue weighted by Crippen LogP contribution is 2.35. The Morgan fingerprint density at radius 3 is 2.54 bits per heavy atom. The van der Waals surface area contributed by atoms with E-state index in [1.165, 1.54) is 11.8 Å². The van der Waals surface area contributed by atoms with Gasteiger partial charge in [0.25, 0.3) is 11.8 Å². The maximum atomic E-state index is 13.0. The molecule has 0 bridgehead atoms. The smallest absolute Gasteiger partial charge is 0.266 e. The van der Waals surface area contributed by atoms with Crippen LogP contribution in [0.25, 0.3) is 6.08 Å².